The first-order valence-corrected chi connectivity index (χ1v) is 7.18. The van der Waals surface area contributed by atoms with E-state index in [1.807, 2.05) is 0 Å². The van der Waals surface area contributed by atoms with E-state index in [0.717, 1.165) is 0 Å². The van der Waals surface area contributed by atoms with Crippen molar-refractivity contribution < 1.29 is 19.0 Å². The fourth-order valence-corrected chi connectivity index (χ4v) is 3.30. The Bertz CT molecular complexity index is 490. The third-order valence-electron chi connectivity index (χ3n) is 4.04. The molecule has 1 aromatic carbocycles. The number of hydrogen-bond donors (Lipinski definition) is 1. The van der Waals surface area contributed by atoms with Crippen molar-refractivity contribution in [1.82, 2.24) is 0 Å². The molecule has 0 radical (unpaired) electrons. The summed E-state index contributed by atoms with van der Waals surface area (Å²) in [5.74, 6) is -1.17. The molecule has 1 aromatic rings. The van der Waals surface area contributed by atoms with E-state index < -0.39 is 36.2 Å². The second-order valence-electron chi connectivity index (χ2n) is 5.98. The van der Waals surface area contributed by atoms with Crippen molar-refractivity contribution in [2.45, 2.75) is 50.5 Å². The third kappa shape index (κ3) is 2.46. The van der Waals surface area contributed by atoms with Gasteiger partial charge < -0.3 is 14.6 Å². The van der Waals surface area contributed by atoms with Gasteiger partial charge in [-0.1, -0.05) is 23.7 Å². The summed E-state index contributed by atoms with van der Waals surface area (Å²) in [6.45, 7) is 3.56. The van der Waals surface area contributed by atoms with Gasteiger partial charge in [-0.05, 0) is 38.0 Å². The Kier molecular flexibility index (Phi) is 3.53. The molecule has 3 rings (SSSR count). The average molecular weight is 301 g/mol. The number of halogens is 2. The molecule has 1 aliphatic heterocycles. The summed E-state index contributed by atoms with van der Waals surface area (Å²) in [6.07, 6.45) is -2.40. The molecule has 2 fully saturated rings. The fraction of sp³-hybridized carbons (Fsp3) is 0.600. The molecule has 1 aliphatic carbocycles. The molecule has 1 heterocycles. The van der Waals surface area contributed by atoms with E-state index in [9.17, 15) is 9.50 Å². The molecule has 5 atom stereocenters. The van der Waals surface area contributed by atoms with Gasteiger partial charge in [-0.2, -0.15) is 0 Å². The lowest BCUT2D eigenvalue weighted by Crippen LogP contribution is -2.28. The lowest BCUT2D eigenvalue weighted by molar-refractivity contribution is -0.169. The normalized spacial score (nSPS) is 36.9. The largest absolute Gasteiger partial charge is 0.390 e. The molecule has 20 heavy (non-hydrogen) atoms. The number of hydrogen-bond acceptors (Lipinski definition) is 3. The predicted octanol–water partition coefficient (Wildman–Crippen LogP) is 3.25. The van der Waals surface area contributed by atoms with E-state index in [2.05, 4.69) is 0 Å². The monoisotopic (exact) mass is 300 g/mol. The number of fused-ring (bicyclic) bond motifs is 1. The molecular formula is C15H18ClFO3. The number of aliphatic hydroxyl groups is 1. The summed E-state index contributed by atoms with van der Waals surface area (Å²) in [5.41, 5.74) is 0.556. The lowest BCUT2D eigenvalue weighted by Gasteiger charge is -2.24. The van der Waals surface area contributed by atoms with Crippen LogP contribution in [-0.2, 0) is 9.47 Å². The molecule has 5 heteroatoms. The Morgan fingerprint density at radius 3 is 2.50 bits per heavy atom. The van der Waals surface area contributed by atoms with Crippen LogP contribution < -0.4 is 0 Å². The van der Waals surface area contributed by atoms with Gasteiger partial charge in [0.15, 0.2) is 5.79 Å². The minimum Gasteiger partial charge on any atom is -0.390 e. The van der Waals surface area contributed by atoms with Crippen LogP contribution in [0.5, 0.6) is 0 Å². The highest BCUT2D eigenvalue weighted by molar-refractivity contribution is 6.30. The minimum atomic E-state index is -1.20. The summed E-state index contributed by atoms with van der Waals surface area (Å²) < 4.78 is 26.2. The number of alkyl halides is 1. The van der Waals surface area contributed by atoms with Crippen LogP contribution in [-0.4, -0.2) is 29.2 Å². The molecular weight excluding hydrogens is 283 g/mol. The zero-order chi connectivity index (χ0) is 14.5. The van der Waals surface area contributed by atoms with Gasteiger partial charge >= 0.3 is 0 Å². The highest BCUT2D eigenvalue weighted by Gasteiger charge is 2.55. The summed E-state index contributed by atoms with van der Waals surface area (Å²) in [5, 5.41) is 10.6. The second kappa shape index (κ2) is 4.95. The van der Waals surface area contributed by atoms with Crippen LogP contribution in [0.15, 0.2) is 24.3 Å². The summed E-state index contributed by atoms with van der Waals surface area (Å²) in [6, 6.07) is 6.69. The molecule has 0 spiro atoms. The van der Waals surface area contributed by atoms with Crippen molar-refractivity contribution in [2.75, 3.05) is 0 Å². The van der Waals surface area contributed by atoms with Crippen molar-refractivity contribution >= 4 is 11.6 Å². The maximum Gasteiger partial charge on any atom is 0.163 e. The van der Waals surface area contributed by atoms with Crippen LogP contribution >= 0.6 is 11.6 Å². The topological polar surface area (TPSA) is 38.7 Å². The quantitative estimate of drug-likeness (QED) is 0.911. The van der Waals surface area contributed by atoms with Crippen LogP contribution in [0.25, 0.3) is 0 Å². The van der Waals surface area contributed by atoms with E-state index in [1.54, 1.807) is 38.1 Å². The first-order valence-electron chi connectivity index (χ1n) is 6.80. The molecule has 1 saturated carbocycles. The minimum absolute atomic E-state index is 0.342. The Morgan fingerprint density at radius 1 is 1.25 bits per heavy atom. The first kappa shape index (κ1) is 14.3. The number of rotatable bonds is 2. The van der Waals surface area contributed by atoms with Gasteiger partial charge in [-0.15, -0.1) is 0 Å². The first-order chi connectivity index (χ1) is 9.37. The molecule has 1 N–H and O–H groups in total. The van der Waals surface area contributed by atoms with Crippen molar-refractivity contribution in [1.29, 1.82) is 0 Å². The van der Waals surface area contributed by atoms with E-state index in [4.69, 9.17) is 21.1 Å². The van der Waals surface area contributed by atoms with Crippen LogP contribution in [0.2, 0.25) is 5.02 Å². The van der Waals surface area contributed by atoms with Gasteiger partial charge in [-0.3, -0.25) is 0 Å². The fourth-order valence-electron chi connectivity index (χ4n) is 3.17. The molecule has 2 aliphatic rings. The van der Waals surface area contributed by atoms with Crippen molar-refractivity contribution in [3.8, 4) is 0 Å². The Morgan fingerprint density at radius 2 is 1.85 bits per heavy atom. The number of ether oxygens (including phenoxy) is 2. The summed E-state index contributed by atoms with van der Waals surface area (Å²) in [7, 11) is 0. The molecule has 0 amide bonds. The van der Waals surface area contributed by atoms with E-state index >= 15 is 0 Å². The van der Waals surface area contributed by atoms with E-state index in [0.29, 0.717) is 17.0 Å². The molecule has 110 valence electrons. The zero-order valence-corrected chi connectivity index (χ0v) is 12.2. The van der Waals surface area contributed by atoms with Crippen LogP contribution in [0.4, 0.5) is 4.39 Å². The maximum absolute atomic E-state index is 14.7. The van der Waals surface area contributed by atoms with Gasteiger partial charge in [0, 0.05) is 10.9 Å². The zero-order valence-electron chi connectivity index (χ0n) is 11.4. The highest BCUT2D eigenvalue weighted by Crippen LogP contribution is 2.47. The molecule has 0 bridgehead atoms. The van der Waals surface area contributed by atoms with E-state index in [-0.39, 0.29) is 0 Å². The SMILES string of the molecule is CC1(C)O[C@@H]2[C@H](O1)[C@@H](C(F)c1ccc(Cl)cc1)C[C@@H]2O. The Balaban J connectivity index is 1.82. The van der Waals surface area contributed by atoms with Crippen LogP contribution in [0.3, 0.4) is 0 Å². The van der Waals surface area contributed by atoms with Gasteiger partial charge in [-0.25, -0.2) is 4.39 Å². The average Bonchev–Trinajstić information content (AvgIpc) is 2.85. The summed E-state index contributed by atoms with van der Waals surface area (Å²) >= 11 is 5.82. The van der Waals surface area contributed by atoms with Gasteiger partial charge in [0.05, 0.1) is 12.2 Å². The smallest absolute Gasteiger partial charge is 0.163 e. The lowest BCUT2D eigenvalue weighted by atomic mass is 9.93. The standard InChI is InChI=1S/C15H18ClFO3/c1-15(2)19-13-10(7-11(18)14(13)20-15)12(17)8-3-5-9(16)6-4-8/h3-6,10-14,18H,7H2,1-2H3/t10-,11+,12?,13-,14+/m1/s1. The van der Waals surface area contributed by atoms with Crippen molar-refractivity contribution in [3.05, 3.63) is 34.9 Å². The van der Waals surface area contributed by atoms with Crippen LogP contribution in [0, 0.1) is 5.92 Å². The number of benzene rings is 1. The molecule has 1 saturated heterocycles. The number of aliphatic hydroxyl groups excluding tert-OH is 1. The molecule has 0 aromatic heterocycles. The van der Waals surface area contributed by atoms with Gasteiger partial charge in [0.1, 0.15) is 12.3 Å². The van der Waals surface area contributed by atoms with E-state index in [1.165, 1.54) is 0 Å². The predicted molar refractivity (Wildman–Crippen MR) is 73.2 cm³/mol. The second-order valence-corrected chi connectivity index (χ2v) is 6.42. The third-order valence-corrected chi connectivity index (χ3v) is 4.29. The molecule has 3 nitrogen and oxygen atoms in total. The highest BCUT2D eigenvalue weighted by atomic mass is 35.5. The molecule has 1 unspecified atom stereocenters. The maximum atomic E-state index is 14.7. The Labute approximate surface area is 122 Å². The van der Waals surface area contributed by atoms with Crippen LogP contribution in [0.1, 0.15) is 32.0 Å². The van der Waals surface area contributed by atoms with Crippen molar-refractivity contribution in [3.63, 3.8) is 0 Å². The van der Waals surface area contributed by atoms with Gasteiger partial charge in [0.25, 0.3) is 0 Å². The van der Waals surface area contributed by atoms with Gasteiger partial charge in [0.2, 0.25) is 0 Å². The summed E-state index contributed by atoms with van der Waals surface area (Å²) in [4.78, 5) is 0. The Hall–Kier alpha value is -0.680. The van der Waals surface area contributed by atoms with Crippen molar-refractivity contribution in [2.24, 2.45) is 5.92 Å².